The van der Waals surface area contributed by atoms with Gasteiger partial charge in [-0.1, -0.05) is 0 Å². The van der Waals surface area contributed by atoms with Crippen molar-refractivity contribution in [2.45, 2.75) is 6.42 Å². The normalized spacial score (nSPS) is 10.8. The molecule has 0 aliphatic rings. The van der Waals surface area contributed by atoms with Crippen molar-refractivity contribution in [2.24, 2.45) is 7.05 Å². The molecule has 0 fully saturated rings. The average molecular weight is 233 g/mol. The molecule has 90 valence electrons. The van der Waals surface area contributed by atoms with Crippen LogP contribution in [0, 0.1) is 5.82 Å². The van der Waals surface area contributed by atoms with Gasteiger partial charge in [-0.25, -0.2) is 9.37 Å². The van der Waals surface area contributed by atoms with Crippen molar-refractivity contribution in [3.63, 3.8) is 0 Å². The minimum Gasteiger partial charge on any atom is -0.337 e. The summed E-state index contributed by atoms with van der Waals surface area (Å²) < 4.78 is 14.8. The lowest BCUT2D eigenvalue weighted by molar-refractivity contribution is 0.628. The van der Waals surface area contributed by atoms with Crippen LogP contribution in [0.3, 0.4) is 0 Å². The lowest BCUT2D eigenvalue weighted by atomic mass is 10.2. The fourth-order valence-corrected chi connectivity index (χ4v) is 1.73. The van der Waals surface area contributed by atoms with Gasteiger partial charge in [0.15, 0.2) is 0 Å². The minimum atomic E-state index is -0.222. The molecule has 4 heteroatoms. The second-order valence-electron chi connectivity index (χ2n) is 4.01. The molecule has 1 aromatic carbocycles. The molecule has 1 N–H and O–H groups in total. The Morgan fingerprint density at radius 2 is 2.00 bits per heavy atom. The van der Waals surface area contributed by atoms with E-state index < -0.39 is 0 Å². The molecule has 3 nitrogen and oxygen atoms in total. The number of nitrogens with zero attached hydrogens (tertiary/aromatic N) is 2. The minimum absolute atomic E-state index is 0.222. The Balaban J connectivity index is 2.24. The van der Waals surface area contributed by atoms with Gasteiger partial charge in [0.25, 0.3) is 0 Å². The van der Waals surface area contributed by atoms with E-state index in [-0.39, 0.29) is 5.82 Å². The number of benzene rings is 1. The molecule has 0 spiro atoms. The van der Waals surface area contributed by atoms with Crippen LogP contribution in [0.1, 0.15) is 5.82 Å². The highest BCUT2D eigenvalue weighted by Gasteiger charge is 2.06. The molecule has 2 aromatic rings. The van der Waals surface area contributed by atoms with Gasteiger partial charge in [0.05, 0.1) is 5.69 Å². The van der Waals surface area contributed by atoms with Gasteiger partial charge in [-0.3, -0.25) is 0 Å². The quantitative estimate of drug-likeness (QED) is 0.875. The standard InChI is InChI=1S/C13H16FN3/c1-15-8-7-13-16-12(9-17(13)2)10-3-5-11(14)6-4-10/h3-6,9,15H,7-8H2,1-2H3. The number of rotatable bonds is 4. The lowest BCUT2D eigenvalue weighted by Crippen LogP contribution is -2.12. The molecular weight excluding hydrogens is 217 g/mol. The predicted molar refractivity (Wildman–Crippen MR) is 66.2 cm³/mol. The van der Waals surface area contributed by atoms with Crippen molar-refractivity contribution in [1.29, 1.82) is 0 Å². The van der Waals surface area contributed by atoms with Crippen LogP contribution in [0.4, 0.5) is 4.39 Å². The van der Waals surface area contributed by atoms with E-state index >= 15 is 0 Å². The van der Waals surface area contributed by atoms with Crippen LogP contribution in [0.15, 0.2) is 30.5 Å². The summed E-state index contributed by atoms with van der Waals surface area (Å²) in [5, 5.41) is 3.10. The van der Waals surface area contributed by atoms with E-state index in [1.807, 2.05) is 24.9 Å². The van der Waals surface area contributed by atoms with Crippen LogP contribution >= 0.6 is 0 Å². The van der Waals surface area contributed by atoms with Gasteiger partial charge >= 0.3 is 0 Å². The summed E-state index contributed by atoms with van der Waals surface area (Å²) in [6.45, 7) is 0.897. The highest BCUT2D eigenvalue weighted by molar-refractivity contribution is 5.58. The van der Waals surface area contributed by atoms with Gasteiger partial charge in [-0.2, -0.15) is 0 Å². The SMILES string of the molecule is CNCCc1nc(-c2ccc(F)cc2)cn1C. The van der Waals surface area contributed by atoms with Crippen molar-refractivity contribution in [2.75, 3.05) is 13.6 Å². The first-order valence-corrected chi connectivity index (χ1v) is 5.63. The highest BCUT2D eigenvalue weighted by atomic mass is 19.1. The Labute approximate surface area is 100 Å². The van der Waals surface area contributed by atoms with Crippen LogP contribution < -0.4 is 5.32 Å². The van der Waals surface area contributed by atoms with Crippen LogP contribution in [-0.4, -0.2) is 23.1 Å². The predicted octanol–water partition coefficient (Wildman–Crippen LogP) is 1.99. The average Bonchev–Trinajstić information content (AvgIpc) is 2.69. The third-order valence-corrected chi connectivity index (χ3v) is 2.71. The fourth-order valence-electron chi connectivity index (χ4n) is 1.73. The van der Waals surface area contributed by atoms with E-state index in [0.29, 0.717) is 0 Å². The first-order valence-electron chi connectivity index (χ1n) is 5.63. The summed E-state index contributed by atoms with van der Waals surface area (Å²) in [5.41, 5.74) is 1.83. The zero-order valence-electron chi connectivity index (χ0n) is 10.1. The van der Waals surface area contributed by atoms with Crippen molar-refractivity contribution in [3.05, 3.63) is 42.1 Å². The second-order valence-corrected chi connectivity index (χ2v) is 4.01. The molecule has 0 saturated heterocycles. The summed E-state index contributed by atoms with van der Waals surface area (Å²) in [6, 6.07) is 6.41. The smallest absolute Gasteiger partial charge is 0.123 e. The first-order chi connectivity index (χ1) is 8.20. The maximum Gasteiger partial charge on any atom is 0.123 e. The van der Waals surface area contributed by atoms with Crippen molar-refractivity contribution in [3.8, 4) is 11.3 Å². The molecule has 0 unspecified atom stereocenters. The van der Waals surface area contributed by atoms with Gasteiger partial charge in [0.2, 0.25) is 0 Å². The summed E-state index contributed by atoms with van der Waals surface area (Å²) in [4.78, 5) is 4.55. The molecule has 1 aromatic heterocycles. The number of likely N-dealkylation sites (N-methyl/N-ethyl adjacent to an activating group) is 1. The summed E-state index contributed by atoms with van der Waals surface area (Å²) >= 11 is 0. The van der Waals surface area contributed by atoms with Crippen LogP contribution in [-0.2, 0) is 13.5 Å². The van der Waals surface area contributed by atoms with Crippen molar-refractivity contribution in [1.82, 2.24) is 14.9 Å². The van der Waals surface area contributed by atoms with Gasteiger partial charge in [-0.15, -0.1) is 0 Å². The highest BCUT2D eigenvalue weighted by Crippen LogP contribution is 2.18. The molecule has 17 heavy (non-hydrogen) atoms. The zero-order valence-corrected chi connectivity index (χ0v) is 10.1. The largest absolute Gasteiger partial charge is 0.337 e. The van der Waals surface area contributed by atoms with Crippen LogP contribution in [0.2, 0.25) is 0 Å². The van der Waals surface area contributed by atoms with Crippen molar-refractivity contribution >= 4 is 0 Å². The number of hydrogen-bond acceptors (Lipinski definition) is 2. The van der Waals surface area contributed by atoms with Crippen LogP contribution in [0.25, 0.3) is 11.3 Å². The Morgan fingerprint density at radius 1 is 1.29 bits per heavy atom. The fraction of sp³-hybridized carbons (Fsp3) is 0.308. The maximum atomic E-state index is 12.8. The molecule has 0 aliphatic carbocycles. The van der Waals surface area contributed by atoms with E-state index in [1.54, 1.807) is 12.1 Å². The summed E-state index contributed by atoms with van der Waals surface area (Å²) in [5.74, 6) is 0.804. The summed E-state index contributed by atoms with van der Waals surface area (Å²) in [7, 11) is 3.90. The number of halogens is 1. The Kier molecular flexibility index (Phi) is 3.54. The van der Waals surface area contributed by atoms with Crippen LogP contribution in [0.5, 0.6) is 0 Å². The molecule has 0 atom stereocenters. The van der Waals surface area contributed by atoms with Gasteiger partial charge in [0.1, 0.15) is 11.6 Å². The molecule has 0 saturated carbocycles. The first kappa shape index (κ1) is 11.8. The van der Waals surface area contributed by atoms with E-state index in [9.17, 15) is 4.39 Å². The van der Waals surface area contributed by atoms with Gasteiger partial charge in [-0.05, 0) is 31.3 Å². The molecule has 0 amide bonds. The molecular formula is C13H16FN3. The monoisotopic (exact) mass is 233 g/mol. The van der Waals surface area contributed by atoms with E-state index in [2.05, 4.69) is 10.3 Å². The maximum absolute atomic E-state index is 12.8. The van der Waals surface area contributed by atoms with E-state index in [0.717, 1.165) is 30.0 Å². The van der Waals surface area contributed by atoms with E-state index in [1.165, 1.54) is 12.1 Å². The number of aryl methyl sites for hydroxylation is 1. The Morgan fingerprint density at radius 3 is 2.65 bits per heavy atom. The number of hydrogen-bond donors (Lipinski definition) is 1. The molecule has 0 bridgehead atoms. The second kappa shape index (κ2) is 5.10. The molecule has 1 heterocycles. The Bertz CT molecular complexity index is 488. The molecule has 0 aliphatic heterocycles. The zero-order chi connectivity index (χ0) is 12.3. The third-order valence-electron chi connectivity index (χ3n) is 2.71. The number of aromatic nitrogens is 2. The Hall–Kier alpha value is -1.68. The molecule has 0 radical (unpaired) electrons. The number of nitrogens with one attached hydrogen (secondary N) is 1. The third kappa shape index (κ3) is 2.71. The topological polar surface area (TPSA) is 29.9 Å². The molecule has 2 rings (SSSR count). The number of imidazole rings is 1. The van der Waals surface area contributed by atoms with Gasteiger partial charge < -0.3 is 9.88 Å². The lowest BCUT2D eigenvalue weighted by Gasteiger charge is -1.99. The van der Waals surface area contributed by atoms with E-state index in [4.69, 9.17) is 0 Å². The van der Waals surface area contributed by atoms with Crippen molar-refractivity contribution < 1.29 is 4.39 Å². The summed E-state index contributed by atoms with van der Waals surface area (Å²) in [6.07, 6.45) is 2.85. The van der Waals surface area contributed by atoms with Gasteiger partial charge in [0, 0.05) is 31.8 Å².